The third kappa shape index (κ3) is 5.10. The lowest BCUT2D eigenvalue weighted by atomic mass is 9.97. The number of rotatable bonds is 5. The highest BCUT2D eigenvalue weighted by atomic mass is 16.3. The Morgan fingerprint density at radius 1 is 1.24 bits per heavy atom. The van der Waals surface area contributed by atoms with Gasteiger partial charge in [0.05, 0.1) is 12.8 Å². The molecule has 1 fully saturated rings. The van der Waals surface area contributed by atoms with Crippen molar-refractivity contribution in [3.05, 3.63) is 60.1 Å². The van der Waals surface area contributed by atoms with Gasteiger partial charge in [-0.3, -0.25) is 9.89 Å². The van der Waals surface area contributed by atoms with Gasteiger partial charge in [0.25, 0.3) is 0 Å². The van der Waals surface area contributed by atoms with Gasteiger partial charge in [-0.25, -0.2) is 0 Å². The van der Waals surface area contributed by atoms with Gasteiger partial charge in [-0.2, -0.15) is 0 Å². The molecule has 0 radical (unpaired) electrons. The molecule has 0 amide bonds. The molecule has 25 heavy (non-hydrogen) atoms. The summed E-state index contributed by atoms with van der Waals surface area (Å²) in [5.74, 6) is 1.75. The molecule has 0 aliphatic carbocycles. The second-order valence-electron chi connectivity index (χ2n) is 6.68. The van der Waals surface area contributed by atoms with Gasteiger partial charge in [-0.1, -0.05) is 30.3 Å². The Bertz CT molecular complexity index is 654. The van der Waals surface area contributed by atoms with Gasteiger partial charge >= 0.3 is 0 Å². The first kappa shape index (κ1) is 17.5. The standard InChI is InChI=1S/C20H28N4O/c1-16-13-18(10-11-24(16)15-17-7-4-3-5-8-17)23-20(21-2)22-14-19-9-6-12-25-19/h3-9,12,16,18H,10-11,13-15H2,1-2H3,(H2,21,22,23). The van der Waals surface area contributed by atoms with Crippen LogP contribution in [0.4, 0.5) is 0 Å². The Labute approximate surface area is 150 Å². The van der Waals surface area contributed by atoms with E-state index in [1.807, 2.05) is 19.2 Å². The average molecular weight is 340 g/mol. The largest absolute Gasteiger partial charge is 0.467 e. The molecule has 0 bridgehead atoms. The molecule has 2 aromatic rings. The minimum atomic E-state index is 0.449. The molecular formula is C20H28N4O. The molecule has 2 heterocycles. The summed E-state index contributed by atoms with van der Waals surface area (Å²) in [4.78, 5) is 6.89. The highest BCUT2D eigenvalue weighted by molar-refractivity contribution is 5.79. The Hall–Kier alpha value is -2.27. The second kappa shape index (κ2) is 8.72. The van der Waals surface area contributed by atoms with Gasteiger partial charge in [0.1, 0.15) is 5.76 Å². The number of hydrogen-bond donors (Lipinski definition) is 2. The minimum Gasteiger partial charge on any atom is -0.467 e. The van der Waals surface area contributed by atoms with Crippen LogP contribution in [0.5, 0.6) is 0 Å². The molecule has 5 heteroatoms. The van der Waals surface area contributed by atoms with Crippen LogP contribution in [0.3, 0.4) is 0 Å². The molecule has 1 aliphatic heterocycles. The summed E-state index contributed by atoms with van der Waals surface area (Å²) in [6.45, 7) is 5.09. The highest BCUT2D eigenvalue weighted by Crippen LogP contribution is 2.19. The summed E-state index contributed by atoms with van der Waals surface area (Å²) in [6, 6.07) is 15.6. The molecule has 2 atom stereocenters. The molecule has 5 nitrogen and oxygen atoms in total. The fourth-order valence-electron chi connectivity index (χ4n) is 3.38. The summed E-state index contributed by atoms with van der Waals surface area (Å²) in [5, 5.41) is 6.87. The number of piperidine rings is 1. The Balaban J connectivity index is 1.46. The Morgan fingerprint density at radius 3 is 2.76 bits per heavy atom. The third-order valence-electron chi connectivity index (χ3n) is 4.82. The van der Waals surface area contributed by atoms with Crippen molar-refractivity contribution in [2.75, 3.05) is 13.6 Å². The lowest BCUT2D eigenvalue weighted by Crippen LogP contribution is -2.51. The van der Waals surface area contributed by atoms with E-state index in [4.69, 9.17) is 4.42 Å². The first-order valence-corrected chi connectivity index (χ1v) is 9.02. The fourth-order valence-corrected chi connectivity index (χ4v) is 3.38. The molecule has 2 unspecified atom stereocenters. The maximum atomic E-state index is 5.35. The van der Waals surface area contributed by atoms with E-state index in [1.165, 1.54) is 5.56 Å². The van der Waals surface area contributed by atoms with Crippen molar-refractivity contribution >= 4 is 5.96 Å². The minimum absolute atomic E-state index is 0.449. The van der Waals surface area contributed by atoms with Crippen molar-refractivity contribution in [3.63, 3.8) is 0 Å². The zero-order valence-electron chi connectivity index (χ0n) is 15.1. The van der Waals surface area contributed by atoms with Crippen molar-refractivity contribution in [1.82, 2.24) is 15.5 Å². The van der Waals surface area contributed by atoms with Gasteiger partial charge in [0.2, 0.25) is 0 Å². The molecule has 1 aliphatic rings. The molecular weight excluding hydrogens is 312 g/mol. The number of nitrogens with zero attached hydrogens (tertiary/aromatic N) is 2. The lowest BCUT2D eigenvalue weighted by molar-refractivity contribution is 0.134. The highest BCUT2D eigenvalue weighted by Gasteiger charge is 2.25. The van der Waals surface area contributed by atoms with E-state index in [-0.39, 0.29) is 0 Å². The Morgan fingerprint density at radius 2 is 2.08 bits per heavy atom. The molecule has 1 aromatic heterocycles. The van der Waals surface area contributed by atoms with Gasteiger partial charge in [-0.15, -0.1) is 0 Å². The number of benzene rings is 1. The molecule has 1 aromatic carbocycles. The van der Waals surface area contributed by atoms with E-state index >= 15 is 0 Å². The van der Waals surface area contributed by atoms with E-state index in [0.29, 0.717) is 18.6 Å². The van der Waals surface area contributed by atoms with E-state index in [9.17, 15) is 0 Å². The monoisotopic (exact) mass is 340 g/mol. The number of aliphatic imine (C=N–C) groups is 1. The predicted octanol–water partition coefficient (Wildman–Crippen LogP) is 3.00. The molecule has 0 saturated carbocycles. The van der Waals surface area contributed by atoms with Crippen molar-refractivity contribution < 1.29 is 4.42 Å². The van der Waals surface area contributed by atoms with Crippen LogP contribution in [0.25, 0.3) is 0 Å². The number of guanidine groups is 1. The molecule has 2 N–H and O–H groups in total. The van der Waals surface area contributed by atoms with Crippen molar-refractivity contribution in [2.45, 2.75) is 44.9 Å². The molecule has 0 spiro atoms. The summed E-state index contributed by atoms with van der Waals surface area (Å²) in [5.41, 5.74) is 1.39. The van der Waals surface area contributed by atoms with Crippen LogP contribution in [-0.4, -0.2) is 36.5 Å². The van der Waals surface area contributed by atoms with Crippen LogP contribution in [0.1, 0.15) is 31.1 Å². The summed E-state index contributed by atoms with van der Waals surface area (Å²) < 4.78 is 5.35. The SMILES string of the molecule is CN=C(NCc1ccco1)NC1CCN(Cc2ccccc2)C(C)C1. The maximum absolute atomic E-state index is 5.35. The van der Waals surface area contributed by atoms with Crippen LogP contribution in [-0.2, 0) is 13.1 Å². The summed E-state index contributed by atoms with van der Waals surface area (Å²) >= 11 is 0. The maximum Gasteiger partial charge on any atom is 0.191 e. The predicted molar refractivity (Wildman–Crippen MR) is 101 cm³/mol. The van der Waals surface area contributed by atoms with E-state index in [2.05, 4.69) is 57.8 Å². The number of hydrogen-bond acceptors (Lipinski definition) is 3. The topological polar surface area (TPSA) is 52.8 Å². The normalized spacial score (nSPS) is 21.9. The quantitative estimate of drug-likeness (QED) is 0.649. The first-order valence-electron chi connectivity index (χ1n) is 9.02. The smallest absolute Gasteiger partial charge is 0.191 e. The Kier molecular flexibility index (Phi) is 6.12. The number of likely N-dealkylation sites (tertiary alicyclic amines) is 1. The fraction of sp³-hybridized carbons (Fsp3) is 0.450. The zero-order valence-corrected chi connectivity index (χ0v) is 15.1. The zero-order chi connectivity index (χ0) is 17.5. The lowest BCUT2D eigenvalue weighted by Gasteiger charge is -2.38. The van der Waals surface area contributed by atoms with E-state index < -0.39 is 0 Å². The van der Waals surface area contributed by atoms with Crippen molar-refractivity contribution in [2.24, 2.45) is 4.99 Å². The van der Waals surface area contributed by atoms with Gasteiger partial charge < -0.3 is 15.1 Å². The molecule has 3 rings (SSSR count). The van der Waals surface area contributed by atoms with Crippen molar-refractivity contribution in [1.29, 1.82) is 0 Å². The number of nitrogens with one attached hydrogen (secondary N) is 2. The van der Waals surface area contributed by atoms with Gasteiger partial charge in [0, 0.05) is 32.2 Å². The molecule has 1 saturated heterocycles. The average Bonchev–Trinajstić information content (AvgIpc) is 3.15. The van der Waals surface area contributed by atoms with E-state index in [0.717, 1.165) is 37.7 Å². The van der Waals surface area contributed by atoms with Crippen LogP contribution in [0.15, 0.2) is 58.1 Å². The van der Waals surface area contributed by atoms with Gasteiger partial charge in [-0.05, 0) is 37.5 Å². The molecule has 134 valence electrons. The van der Waals surface area contributed by atoms with Crippen LogP contribution in [0, 0.1) is 0 Å². The van der Waals surface area contributed by atoms with Crippen LogP contribution < -0.4 is 10.6 Å². The van der Waals surface area contributed by atoms with Gasteiger partial charge in [0.15, 0.2) is 5.96 Å². The van der Waals surface area contributed by atoms with Crippen LogP contribution in [0.2, 0.25) is 0 Å². The van der Waals surface area contributed by atoms with E-state index in [1.54, 1.807) is 6.26 Å². The second-order valence-corrected chi connectivity index (χ2v) is 6.68. The summed E-state index contributed by atoms with van der Waals surface area (Å²) in [6.07, 6.45) is 3.93. The first-order chi connectivity index (χ1) is 12.2. The van der Waals surface area contributed by atoms with Crippen molar-refractivity contribution in [3.8, 4) is 0 Å². The van der Waals surface area contributed by atoms with Crippen LogP contribution >= 0.6 is 0 Å². The summed E-state index contributed by atoms with van der Waals surface area (Å²) in [7, 11) is 1.81. The third-order valence-corrected chi connectivity index (χ3v) is 4.82. The number of furan rings is 1.